The Morgan fingerprint density at radius 1 is 1.33 bits per heavy atom. The topological polar surface area (TPSA) is 84.7 Å². The van der Waals surface area contributed by atoms with Gasteiger partial charge in [-0.3, -0.25) is 0 Å². The zero-order chi connectivity index (χ0) is 17.4. The van der Waals surface area contributed by atoms with Crippen LogP contribution >= 0.6 is 0 Å². The van der Waals surface area contributed by atoms with Crippen molar-refractivity contribution in [3.8, 4) is 5.75 Å². The Hall–Kier alpha value is -1.90. The lowest BCUT2D eigenvalue weighted by molar-refractivity contribution is -0.0809. The summed E-state index contributed by atoms with van der Waals surface area (Å²) in [5.41, 5.74) is -1.11. The van der Waals surface area contributed by atoms with E-state index in [1.165, 1.54) is 16.8 Å². The van der Waals surface area contributed by atoms with E-state index < -0.39 is 21.7 Å². The Kier molecular flexibility index (Phi) is 4.37. The molecule has 3 rings (SSSR count). The highest BCUT2D eigenvalue weighted by atomic mass is 32.2. The van der Waals surface area contributed by atoms with Crippen molar-refractivity contribution in [3.05, 3.63) is 42.9 Å². The Balaban J connectivity index is 1.82. The van der Waals surface area contributed by atoms with Gasteiger partial charge in [0.05, 0.1) is 12.9 Å². The first-order valence-electron chi connectivity index (χ1n) is 7.71. The second kappa shape index (κ2) is 6.19. The van der Waals surface area contributed by atoms with Gasteiger partial charge in [-0.05, 0) is 25.5 Å². The molecule has 1 aromatic carbocycles. The molecule has 0 amide bonds. The molecule has 2 aromatic rings. The molecular weight excluding hydrogens is 330 g/mol. The van der Waals surface area contributed by atoms with Crippen LogP contribution < -0.4 is 4.74 Å². The molecule has 1 aliphatic heterocycles. The summed E-state index contributed by atoms with van der Waals surface area (Å²) >= 11 is 0. The molecule has 0 saturated carbocycles. The van der Waals surface area contributed by atoms with E-state index in [0.29, 0.717) is 5.75 Å². The summed E-state index contributed by atoms with van der Waals surface area (Å²) < 4.78 is 34.2. The van der Waals surface area contributed by atoms with Gasteiger partial charge in [-0.15, -0.1) is 0 Å². The van der Waals surface area contributed by atoms with E-state index in [4.69, 9.17) is 4.74 Å². The van der Waals surface area contributed by atoms with Crippen molar-refractivity contribution in [3.63, 3.8) is 0 Å². The first-order valence-corrected chi connectivity index (χ1v) is 9.15. The molecule has 0 spiro atoms. The average Bonchev–Trinajstić information content (AvgIpc) is 2.97. The van der Waals surface area contributed by atoms with E-state index >= 15 is 0 Å². The summed E-state index contributed by atoms with van der Waals surface area (Å²) in [4.78, 5) is 3.94. The van der Waals surface area contributed by atoms with Crippen molar-refractivity contribution in [2.45, 2.75) is 30.1 Å². The van der Waals surface area contributed by atoms with Gasteiger partial charge in [-0.2, -0.15) is 4.31 Å². The van der Waals surface area contributed by atoms with Gasteiger partial charge in [0.1, 0.15) is 17.5 Å². The second-order valence-corrected chi connectivity index (χ2v) is 8.15. The monoisotopic (exact) mass is 351 g/mol. The summed E-state index contributed by atoms with van der Waals surface area (Å²) in [5, 5.41) is 10.6. The number of hydrogen-bond donors (Lipinski definition) is 1. The number of sulfonamides is 1. The molecule has 0 radical (unpaired) electrons. The number of hydrogen-bond acceptors (Lipinski definition) is 5. The first kappa shape index (κ1) is 16.9. The highest BCUT2D eigenvalue weighted by molar-refractivity contribution is 7.89. The summed E-state index contributed by atoms with van der Waals surface area (Å²) in [6.07, 6.45) is 2.54. The van der Waals surface area contributed by atoms with E-state index in [0.717, 1.165) is 0 Å². The van der Waals surface area contributed by atoms with E-state index in [2.05, 4.69) is 4.98 Å². The number of aromatic nitrogens is 2. The number of benzene rings is 1. The lowest BCUT2D eigenvalue weighted by Crippen LogP contribution is -2.57. The normalized spacial score (nSPS) is 25.5. The smallest absolute Gasteiger partial charge is 0.262 e. The van der Waals surface area contributed by atoms with Crippen LogP contribution in [0.25, 0.3) is 0 Å². The van der Waals surface area contributed by atoms with Crippen LogP contribution in [0.3, 0.4) is 0 Å². The summed E-state index contributed by atoms with van der Waals surface area (Å²) in [5.74, 6) is 0.597. The molecule has 130 valence electrons. The number of aryl methyl sites for hydroxylation is 1. The van der Waals surface area contributed by atoms with Gasteiger partial charge < -0.3 is 14.4 Å². The van der Waals surface area contributed by atoms with E-state index in [9.17, 15) is 13.5 Å². The summed E-state index contributed by atoms with van der Waals surface area (Å²) in [6.45, 7) is 1.96. The number of ether oxygens (including phenoxy) is 1. The molecule has 1 aromatic heterocycles. The first-order chi connectivity index (χ1) is 11.3. The van der Waals surface area contributed by atoms with Gasteiger partial charge in [-0.25, -0.2) is 13.4 Å². The van der Waals surface area contributed by atoms with Gasteiger partial charge in [0.25, 0.3) is 10.0 Å². The minimum absolute atomic E-state index is 0.00463. The third-order valence-electron chi connectivity index (χ3n) is 4.24. The van der Waals surface area contributed by atoms with Crippen LogP contribution in [0.5, 0.6) is 5.75 Å². The molecular formula is C16H21N3O4S. The van der Waals surface area contributed by atoms with Crippen LogP contribution in [0, 0.1) is 0 Å². The Labute approximate surface area is 141 Å². The van der Waals surface area contributed by atoms with Gasteiger partial charge in [-0.1, -0.05) is 18.2 Å². The van der Waals surface area contributed by atoms with Gasteiger partial charge in [0.2, 0.25) is 0 Å². The molecule has 0 aliphatic carbocycles. The van der Waals surface area contributed by atoms with Gasteiger partial charge in [0, 0.05) is 19.8 Å². The van der Waals surface area contributed by atoms with Crippen LogP contribution in [-0.2, 0) is 17.1 Å². The van der Waals surface area contributed by atoms with Gasteiger partial charge in [0.15, 0.2) is 5.03 Å². The maximum atomic E-state index is 12.7. The van der Waals surface area contributed by atoms with Crippen molar-refractivity contribution in [2.24, 2.45) is 7.05 Å². The Morgan fingerprint density at radius 3 is 2.67 bits per heavy atom. The van der Waals surface area contributed by atoms with Gasteiger partial charge >= 0.3 is 0 Å². The fourth-order valence-corrected chi connectivity index (χ4v) is 4.09. The number of imidazole rings is 1. The Bertz CT molecular complexity index is 802. The molecule has 7 nitrogen and oxygen atoms in total. The fourth-order valence-electron chi connectivity index (χ4n) is 2.69. The fraction of sp³-hybridized carbons (Fsp3) is 0.438. The highest BCUT2D eigenvalue weighted by Gasteiger charge is 2.43. The molecule has 0 bridgehead atoms. The molecule has 1 aliphatic rings. The zero-order valence-corrected chi connectivity index (χ0v) is 14.5. The van der Waals surface area contributed by atoms with Crippen molar-refractivity contribution in [2.75, 3.05) is 13.1 Å². The SMILES string of the molecule is Cn1cnc(S(=O)(=O)N2CC[C@@](C)(O)[C@H](Oc3ccccc3)C2)c1. The Morgan fingerprint density at radius 2 is 2.04 bits per heavy atom. The average molecular weight is 351 g/mol. The van der Waals surface area contributed by atoms with Crippen molar-refractivity contribution < 1.29 is 18.3 Å². The van der Waals surface area contributed by atoms with E-state index in [-0.39, 0.29) is 24.5 Å². The van der Waals surface area contributed by atoms with Crippen LogP contribution in [0.1, 0.15) is 13.3 Å². The summed E-state index contributed by atoms with van der Waals surface area (Å²) in [7, 11) is -1.99. The maximum Gasteiger partial charge on any atom is 0.262 e. The number of piperidine rings is 1. The third-order valence-corrected chi connectivity index (χ3v) is 5.99. The molecule has 8 heteroatoms. The highest BCUT2D eigenvalue weighted by Crippen LogP contribution is 2.29. The molecule has 1 saturated heterocycles. The number of rotatable bonds is 4. The van der Waals surface area contributed by atoms with Crippen LogP contribution in [0.2, 0.25) is 0 Å². The number of aliphatic hydroxyl groups is 1. The van der Waals surface area contributed by atoms with Crippen LogP contribution in [0.15, 0.2) is 47.9 Å². The van der Waals surface area contributed by atoms with Crippen molar-refractivity contribution >= 4 is 10.0 Å². The predicted octanol–water partition coefficient (Wildman–Crippen LogP) is 1.01. The number of nitrogens with zero attached hydrogens (tertiary/aromatic N) is 3. The predicted molar refractivity (Wildman–Crippen MR) is 88.1 cm³/mol. The second-order valence-electron chi connectivity index (χ2n) is 6.27. The zero-order valence-electron chi connectivity index (χ0n) is 13.7. The van der Waals surface area contributed by atoms with Crippen molar-refractivity contribution in [1.29, 1.82) is 0 Å². The van der Waals surface area contributed by atoms with Crippen LogP contribution in [0.4, 0.5) is 0 Å². The molecule has 1 fully saturated rings. The van der Waals surface area contributed by atoms with E-state index in [1.807, 2.05) is 18.2 Å². The largest absolute Gasteiger partial charge is 0.486 e. The molecule has 2 heterocycles. The van der Waals surface area contributed by atoms with Crippen LogP contribution in [-0.4, -0.2) is 52.2 Å². The molecule has 24 heavy (non-hydrogen) atoms. The quantitative estimate of drug-likeness (QED) is 0.889. The molecule has 2 atom stereocenters. The van der Waals surface area contributed by atoms with Crippen molar-refractivity contribution in [1.82, 2.24) is 13.9 Å². The molecule has 1 N–H and O–H groups in total. The lowest BCUT2D eigenvalue weighted by atomic mass is 9.91. The van der Waals surface area contributed by atoms with E-state index in [1.54, 1.807) is 30.7 Å². The lowest BCUT2D eigenvalue weighted by Gasteiger charge is -2.41. The minimum atomic E-state index is -3.71. The summed E-state index contributed by atoms with van der Waals surface area (Å²) in [6, 6.07) is 9.08. The number of para-hydroxylation sites is 1. The maximum absolute atomic E-state index is 12.7. The molecule has 0 unspecified atom stereocenters. The standard InChI is InChI=1S/C16H21N3O4S/c1-16(20)8-9-19(24(21,22)15-11-18(2)12-17-15)10-14(16)23-13-6-4-3-5-7-13/h3-7,11-12,14,20H,8-10H2,1-2H3/t14-,16-/m1/s1. The minimum Gasteiger partial charge on any atom is -0.486 e. The third kappa shape index (κ3) is 3.31.